The van der Waals surface area contributed by atoms with Gasteiger partial charge < -0.3 is 5.32 Å². The second kappa shape index (κ2) is 6.74. The van der Waals surface area contributed by atoms with E-state index in [1.54, 1.807) is 6.08 Å². The van der Waals surface area contributed by atoms with E-state index in [4.69, 9.17) is 0 Å². The molecule has 1 aromatic rings. The molecule has 0 spiro atoms. The Morgan fingerprint density at radius 3 is 2.67 bits per heavy atom. The first kappa shape index (κ1) is 14.2. The van der Waals surface area contributed by atoms with E-state index in [1.165, 1.54) is 0 Å². The SMILES string of the molecule is C=CCNC(=O)CCC(=O)c1cc(C)ccc1C. The van der Waals surface area contributed by atoms with E-state index in [-0.39, 0.29) is 24.5 Å². The lowest BCUT2D eigenvalue weighted by Crippen LogP contribution is -2.23. The molecule has 1 rings (SSSR count). The maximum atomic E-state index is 12.0. The molecule has 0 unspecified atom stereocenters. The zero-order valence-electron chi connectivity index (χ0n) is 11.0. The molecule has 0 aliphatic carbocycles. The topological polar surface area (TPSA) is 46.2 Å². The van der Waals surface area contributed by atoms with Gasteiger partial charge in [-0.3, -0.25) is 9.59 Å². The first-order valence-electron chi connectivity index (χ1n) is 6.02. The van der Waals surface area contributed by atoms with Crippen LogP contribution in [-0.2, 0) is 4.79 Å². The summed E-state index contributed by atoms with van der Waals surface area (Å²) in [6, 6.07) is 5.78. The van der Waals surface area contributed by atoms with Crippen LogP contribution in [0.25, 0.3) is 0 Å². The van der Waals surface area contributed by atoms with Crippen LogP contribution in [-0.4, -0.2) is 18.2 Å². The van der Waals surface area contributed by atoms with Crippen molar-refractivity contribution in [2.75, 3.05) is 6.54 Å². The standard InChI is InChI=1S/C15H19NO2/c1-4-9-16-15(18)8-7-14(17)13-10-11(2)5-6-12(13)3/h4-6,10H,1,7-9H2,2-3H3,(H,16,18). The van der Waals surface area contributed by atoms with E-state index < -0.39 is 0 Å². The largest absolute Gasteiger partial charge is 0.353 e. The Hall–Kier alpha value is -1.90. The van der Waals surface area contributed by atoms with Gasteiger partial charge in [0.25, 0.3) is 0 Å². The predicted octanol–water partition coefficient (Wildman–Crippen LogP) is 2.57. The summed E-state index contributed by atoms with van der Waals surface area (Å²) in [5.74, 6) is -0.0986. The van der Waals surface area contributed by atoms with E-state index in [9.17, 15) is 9.59 Å². The summed E-state index contributed by atoms with van der Waals surface area (Å²) in [6.45, 7) is 7.81. The monoisotopic (exact) mass is 245 g/mol. The molecule has 0 fully saturated rings. The van der Waals surface area contributed by atoms with Gasteiger partial charge >= 0.3 is 0 Å². The van der Waals surface area contributed by atoms with Crippen LogP contribution >= 0.6 is 0 Å². The lowest BCUT2D eigenvalue weighted by atomic mass is 9.99. The average molecular weight is 245 g/mol. The van der Waals surface area contributed by atoms with Crippen molar-refractivity contribution in [3.05, 3.63) is 47.5 Å². The summed E-state index contributed by atoms with van der Waals surface area (Å²) in [7, 11) is 0. The van der Waals surface area contributed by atoms with Crippen LogP contribution in [0, 0.1) is 13.8 Å². The van der Waals surface area contributed by atoms with Crippen LogP contribution in [0.1, 0.15) is 34.3 Å². The van der Waals surface area contributed by atoms with Crippen molar-refractivity contribution in [1.82, 2.24) is 5.32 Å². The summed E-state index contributed by atoms with van der Waals surface area (Å²) in [6.07, 6.45) is 2.08. The van der Waals surface area contributed by atoms with Crippen LogP contribution in [0.4, 0.5) is 0 Å². The molecule has 1 aromatic carbocycles. The van der Waals surface area contributed by atoms with Crippen LogP contribution in [0.2, 0.25) is 0 Å². The highest BCUT2D eigenvalue weighted by molar-refractivity contribution is 5.99. The molecular weight excluding hydrogens is 226 g/mol. The number of rotatable bonds is 6. The third-order valence-corrected chi connectivity index (χ3v) is 2.72. The van der Waals surface area contributed by atoms with E-state index in [1.807, 2.05) is 32.0 Å². The fraction of sp³-hybridized carbons (Fsp3) is 0.333. The molecule has 0 aliphatic heterocycles. The zero-order valence-corrected chi connectivity index (χ0v) is 11.0. The van der Waals surface area contributed by atoms with Gasteiger partial charge in [-0.25, -0.2) is 0 Å². The van der Waals surface area contributed by atoms with Gasteiger partial charge in [-0.05, 0) is 25.5 Å². The number of ketones is 1. The van der Waals surface area contributed by atoms with Crippen molar-refractivity contribution in [1.29, 1.82) is 0 Å². The van der Waals surface area contributed by atoms with Crippen LogP contribution < -0.4 is 5.32 Å². The summed E-state index contributed by atoms with van der Waals surface area (Å²) in [4.78, 5) is 23.4. The molecule has 3 heteroatoms. The maximum absolute atomic E-state index is 12.0. The maximum Gasteiger partial charge on any atom is 0.220 e. The second-order valence-electron chi connectivity index (χ2n) is 4.33. The molecule has 0 atom stereocenters. The van der Waals surface area contributed by atoms with Crippen LogP contribution in [0.3, 0.4) is 0 Å². The quantitative estimate of drug-likeness (QED) is 0.618. The van der Waals surface area contributed by atoms with Crippen molar-refractivity contribution in [2.45, 2.75) is 26.7 Å². The van der Waals surface area contributed by atoms with E-state index in [0.717, 1.165) is 11.1 Å². The molecule has 0 saturated heterocycles. The van der Waals surface area contributed by atoms with E-state index in [2.05, 4.69) is 11.9 Å². The van der Waals surface area contributed by atoms with Gasteiger partial charge in [0.05, 0.1) is 0 Å². The Labute approximate surface area is 108 Å². The molecule has 0 saturated carbocycles. The number of carbonyl (C=O) groups excluding carboxylic acids is 2. The third kappa shape index (κ3) is 4.17. The summed E-state index contributed by atoms with van der Waals surface area (Å²) >= 11 is 0. The normalized spacial score (nSPS) is 9.89. The Kier molecular flexibility index (Phi) is 5.31. The molecular formula is C15H19NO2. The number of aryl methyl sites for hydroxylation is 2. The van der Waals surface area contributed by atoms with Crippen molar-refractivity contribution in [3.63, 3.8) is 0 Å². The Morgan fingerprint density at radius 1 is 1.28 bits per heavy atom. The molecule has 1 N–H and O–H groups in total. The summed E-state index contributed by atoms with van der Waals surface area (Å²) in [5, 5.41) is 2.66. The van der Waals surface area contributed by atoms with E-state index >= 15 is 0 Å². The highest BCUT2D eigenvalue weighted by atomic mass is 16.2. The predicted molar refractivity (Wildman–Crippen MR) is 72.7 cm³/mol. The molecule has 0 heterocycles. The van der Waals surface area contributed by atoms with E-state index in [0.29, 0.717) is 12.1 Å². The van der Waals surface area contributed by atoms with Gasteiger partial charge in [0, 0.05) is 24.9 Å². The van der Waals surface area contributed by atoms with Gasteiger partial charge in [-0.1, -0.05) is 23.8 Å². The minimum Gasteiger partial charge on any atom is -0.353 e. The van der Waals surface area contributed by atoms with Crippen molar-refractivity contribution in [2.24, 2.45) is 0 Å². The molecule has 0 bridgehead atoms. The number of amides is 1. The lowest BCUT2D eigenvalue weighted by Gasteiger charge is -2.06. The molecule has 1 amide bonds. The minimum absolute atomic E-state index is 0.0185. The fourth-order valence-electron chi connectivity index (χ4n) is 1.67. The lowest BCUT2D eigenvalue weighted by molar-refractivity contribution is -0.120. The number of nitrogens with one attached hydrogen (secondary N) is 1. The van der Waals surface area contributed by atoms with Gasteiger partial charge in [-0.15, -0.1) is 6.58 Å². The van der Waals surface area contributed by atoms with Crippen LogP contribution in [0.15, 0.2) is 30.9 Å². The number of carbonyl (C=O) groups is 2. The third-order valence-electron chi connectivity index (χ3n) is 2.72. The highest BCUT2D eigenvalue weighted by Gasteiger charge is 2.11. The first-order valence-corrected chi connectivity index (χ1v) is 6.02. The first-order chi connectivity index (χ1) is 8.54. The smallest absolute Gasteiger partial charge is 0.220 e. The zero-order chi connectivity index (χ0) is 13.5. The molecule has 96 valence electrons. The molecule has 0 radical (unpaired) electrons. The van der Waals surface area contributed by atoms with Crippen molar-refractivity contribution in [3.8, 4) is 0 Å². The van der Waals surface area contributed by atoms with Gasteiger partial charge in [0.15, 0.2) is 5.78 Å². The summed E-state index contributed by atoms with van der Waals surface area (Å²) < 4.78 is 0. The number of hydrogen-bond acceptors (Lipinski definition) is 2. The average Bonchev–Trinajstić information content (AvgIpc) is 2.36. The molecule has 18 heavy (non-hydrogen) atoms. The highest BCUT2D eigenvalue weighted by Crippen LogP contribution is 2.13. The molecule has 3 nitrogen and oxygen atoms in total. The number of Topliss-reactive ketones (excluding diaryl/α,β-unsaturated/α-hetero) is 1. The molecule has 0 aliphatic rings. The number of hydrogen-bond donors (Lipinski definition) is 1. The summed E-state index contributed by atoms with van der Waals surface area (Å²) in [5.41, 5.74) is 2.73. The minimum atomic E-state index is -0.117. The van der Waals surface area contributed by atoms with Crippen LogP contribution in [0.5, 0.6) is 0 Å². The Morgan fingerprint density at radius 2 is 2.00 bits per heavy atom. The van der Waals surface area contributed by atoms with Gasteiger partial charge in [0.2, 0.25) is 5.91 Å². The van der Waals surface area contributed by atoms with Gasteiger partial charge in [0.1, 0.15) is 0 Å². The second-order valence-corrected chi connectivity index (χ2v) is 4.33. The Balaban J connectivity index is 2.57. The number of benzene rings is 1. The molecule has 0 aromatic heterocycles. The van der Waals surface area contributed by atoms with Gasteiger partial charge in [-0.2, -0.15) is 0 Å². The van der Waals surface area contributed by atoms with Crippen molar-refractivity contribution < 1.29 is 9.59 Å². The fourth-order valence-corrected chi connectivity index (χ4v) is 1.67. The van der Waals surface area contributed by atoms with Crippen molar-refractivity contribution >= 4 is 11.7 Å². The Bertz CT molecular complexity index is 464.